The number of oxime groups is 1. The molecular formula is C26H30N2O5. The topological polar surface area (TPSA) is 94.2 Å². The predicted molar refractivity (Wildman–Crippen MR) is 126 cm³/mol. The minimum absolute atomic E-state index is 0.100. The van der Waals surface area contributed by atoms with Crippen molar-refractivity contribution in [3.05, 3.63) is 71.6 Å². The molecule has 0 bridgehead atoms. The monoisotopic (exact) mass is 450 g/mol. The van der Waals surface area contributed by atoms with Gasteiger partial charge in [0.1, 0.15) is 23.5 Å². The maximum Gasteiger partial charge on any atom is 0.312 e. The highest BCUT2D eigenvalue weighted by Gasteiger charge is 2.22. The number of carboxylic acid groups (broad SMARTS) is 1. The number of hydrogen-bond acceptors (Lipinski definition) is 6. The molecule has 1 atom stereocenters. The maximum atomic E-state index is 11.7. The van der Waals surface area contributed by atoms with E-state index in [1.165, 1.54) is 0 Å². The Morgan fingerprint density at radius 1 is 1.12 bits per heavy atom. The van der Waals surface area contributed by atoms with Crippen molar-refractivity contribution in [1.29, 1.82) is 0 Å². The molecule has 0 saturated heterocycles. The molecule has 0 fully saturated rings. The molecule has 7 heteroatoms. The van der Waals surface area contributed by atoms with Crippen LogP contribution in [0.4, 0.5) is 0 Å². The summed E-state index contributed by atoms with van der Waals surface area (Å²) in [6, 6.07) is 17.2. The molecule has 33 heavy (non-hydrogen) atoms. The molecule has 0 aliphatic carbocycles. The molecule has 0 aliphatic rings. The lowest BCUT2D eigenvalue weighted by Crippen LogP contribution is -2.24. The Labute approximate surface area is 194 Å². The molecule has 0 saturated carbocycles. The molecule has 7 nitrogen and oxygen atoms in total. The fourth-order valence-corrected chi connectivity index (χ4v) is 3.25. The van der Waals surface area contributed by atoms with Gasteiger partial charge in [0.15, 0.2) is 0 Å². The normalized spacial score (nSPS) is 12.6. The molecule has 0 spiro atoms. The number of oxazole rings is 1. The lowest BCUT2D eigenvalue weighted by atomic mass is 9.95. The number of carbonyl (C=O) groups is 1. The second kappa shape index (κ2) is 11.3. The zero-order chi connectivity index (χ0) is 23.8. The Bertz CT molecular complexity index is 1070. The number of rotatable bonds is 11. The standard InChI is InChI=1S/C26H30N2O5/c1-17(2)33-28-18(3)23(26(29)30)16-20-10-12-22(13-11-20)31-15-14-24-19(4)32-25(27-24)21-8-6-5-7-9-21/h5-13,17,23H,14-16H2,1-4H3,(H,29,30)/b28-18-. The minimum atomic E-state index is -0.929. The summed E-state index contributed by atoms with van der Waals surface area (Å²) in [5.41, 5.74) is 3.13. The number of aliphatic carboxylic acids is 1. The lowest BCUT2D eigenvalue weighted by molar-refractivity contribution is -0.139. The third-order valence-corrected chi connectivity index (χ3v) is 5.09. The number of carboxylic acids is 1. The van der Waals surface area contributed by atoms with Gasteiger partial charge in [-0.3, -0.25) is 4.79 Å². The summed E-state index contributed by atoms with van der Waals surface area (Å²) in [6.07, 6.45) is 0.848. The number of nitrogens with zero attached hydrogens (tertiary/aromatic N) is 2. The average molecular weight is 451 g/mol. The molecule has 3 aromatic rings. The number of ether oxygens (including phenoxy) is 1. The van der Waals surface area contributed by atoms with Crippen molar-refractivity contribution >= 4 is 11.7 Å². The first-order valence-electron chi connectivity index (χ1n) is 11.0. The minimum Gasteiger partial charge on any atom is -0.493 e. The van der Waals surface area contributed by atoms with Crippen LogP contribution in [0.1, 0.15) is 37.8 Å². The summed E-state index contributed by atoms with van der Waals surface area (Å²) in [5.74, 6) is 0.430. The molecule has 1 N–H and O–H groups in total. The SMILES string of the molecule is C/C(=N/OC(C)C)C(Cc1ccc(OCCc2nc(-c3ccccc3)oc2C)cc1)C(=O)O. The average Bonchev–Trinajstić information content (AvgIpc) is 3.17. The fourth-order valence-electron chi connectivity index (χ4n) is 3.25. The molecule has 1 unspecified atom stereocenters. The summed E-state index contributed by atoms with van der Waals surface area (Å²) in [4.78, 5) is 21.5. The van der Waals surface area contributed by atoms with Gasteiger partial charge in [-0.25, -0.2) is 4.98 Å². The number of hydrogen-bond donors (Lipinski definition) is 1. The first kappa shape index (κ1) is 24.0. The molecule has 3 rings (SSSR count). The number of benzene rings is 2. The third-order valence-electron chi connectivity index (χ3n) is 5.09. The molecule has 174 valence electrons. The van der Waals surface area contributed by atoms with Crippen molar-refractivity contribution in [2.24, 2.45) is 11.1 Å². The van der Waals surface area contributed by atoms with Crippen LogP contribution in [-0.2, 0) is 22.5 Å². The van der Waals surface area contributed by atoms with Gasteiger partial charge in [0, 0.05) is 12.0 Å². The van der Waals surface area contributed by atoms with Crippen LogP contribution >= 0.6 is 0 Å². The van der Waals surface area contributed by atoms with Crippen LogP contribution in [0.3, 0.4) is 0 Å². The van der Waals surface area contributed by atoms with E-state index in [1.54, 1.807) is 6.92 Å². The smallest absolute Gasteiger partial charge is 0.312 e. The first-order chi connectivity index (χ1) is 15.8. The van der Waals surface area contributed by atoms with Crippen LogP contribution in [-0.4, -0.2) is 34.5 Å². The van der Waals surface area contributed by atoms with Crippen molar-refractivity contribution in [2.75, 3.05) is 6.61 Å². The van der Waals surface area contributed by atoms with Gasteiger partial charge in [-0.2, -0.15) is 0 Å². The Balaban J connectivity index is 1.55. The van der Waals surface area contributed by atoms with Gasteiger partial charge in [0.25, 0.3) is 0 Å². The van der Waals surface area contributed by atoms with Crippen molar-refractivity contribution < 1.29 is 23.9 Å². The van der Waals surface area contributed by atoms with Crippen molar-refractivity contribution in [2.45, 2.75) is 46.6 Å². The highest BCUT2D eigenvalue weighted by atomic mass is 16.6. The summed E-state index contributed by atoms with van der Waals surface area (Å²) in [7, 11) is 0. The van der Waals surface area contributed by atoms with Crippen LogP contribution in [0, 0.1) is 12.8 Å². The zero-order valence-electron chi connectivity index (χ0n) is 19.4. The Kier molecular flexibility index (Phi) is 8.24. The first-order valence-corrected chi connectivity index (χ1v) is 11.0. The highest BCUT2D eigenvalue weighted by molar-refractivity contribution is 6.00. The Hall–Kier alpha value is -3.61. The van der Waals surface area contributed by atoms with E-state index in [9.17, 15) is 9.90 Å². The maximum absolute atomic E-state index is 11.7. The van der Waals surface area contributed by atoms with E-state index in [0.717, 1.165) is 22.6 Å². The van der Waals surface area contributed by atoms with Gasteiger partial charge in [-0.1, -0.05) is 35.5 Å². The quantitative estimate of drug-likeness (QED) is 0.314. The van der Waals surface area contributed by atoms with E-state index in [-0.39, 0.29) is 6.10 Å². The van der Waals surface area contributed by atoms with Gasteiger partial charge < -0.3 is 19.1 Å². The molecule has 2 aromatic carbocycles. The largest absolute Gasteiger partial charge is 0.493 e. The van der Waals surface area contributed by atoms with Gasteiger partial charge >= 0.3 is 5.97 Å². The van der Waals surface area contributed by atoms with Gasteiger partial charge in [0.05, 0.1) is 18.0 Å². The van der Waals surface area contributed by atoms with Gasteiger partial charge in [-0.05, 0) is 63.9 Å². The van der Waals surface area contributed by atoms with Crippen molar-refractivity contribution in [3.63, 3.8) is 0 Å². The summed E-state index contributed by atoms with van der Waals surface area (Å²) >= 11 is 0. The number of aromatic nitrogens is 1. The van der Waals surface area contributed by atoms with E-state index in [2.05, 4.69) is 10.1 Å². The second-order valence-corrected chi connectivity index (χ2v) is 8.11. The van der Waals surface area contributed by atoms with E-state index >= 15 is 0 Å². The van der Waals surface area contributed by atoms with E-state index in [4.69, 9.17) is 14.0 Å². The predicted octanol–water partition coefficient (Wildman–Crippen LogP) is 5.32. The van der Waals surface area contributed by atoms with Crippen LogP contribution < -0.4 is 4.74 Å². The Morgan fingerprint density at radius 3 is 2.45 bits per heavy atom. The fraction of sp³-hybridized carbons (Fsp3) is 0.346. The summed E-state index contributed by atoms with van der Waals surface area (Å²) < 4.78 is 11.6. The molecule has 0 radical (unpaired) electrons. The van der Waals surface area contributed by atoms with Crippen LogP contribution in [0.2, 0.25) is 0 Å². The highest BCUT2D eigenvalue weighted by Crippen LogP contribution is 2.22. The second-order valence-electron chi connectivity index (χ2n) is 8.11. The third kappa shape index (κ3) is 6.94. The lowest BCUT2D eigenvalue weighted by Gasteiger charge is -2.13. The zero-order valence-corrected chi connectivity index (χ0v) is 19.4. The summed E-state index contributed by atoms with van der Waals surface area (Å²) in [5, 5.41) is 13.5. The van der Waals surface area contributed by atoms with Gasteiger partial charge in [-0.15, -0.1) is 0 Å². The summed E-state index contributed by atoms with van der Waals surface area (Å²) in [6.45, 7) is 7.72. The molecular weight excluding hydrogens is 420 g/mol. The van der Waals surface area contributed by atoms with E-state index in [1.807, 2.05) is 75.4 Å². The molecule has 0 aliphatic heterocycles. The van der Waals surface area contributed by atoms with E-state index < -0.39 is 11.9 Å². The van der Waals surface area contributed by atoms with Gasteiger partial charge in [0.2, 0.25) is 5.89 Å². The Morgan fingerprint density at radius 2 is 1.82 bits per heavy atom. The van der Waals surface area contributed by atoms with Crippen molar-refractivity contribution in [3.8, 4) is 17.2 Å². The van der Waals surface area contributed by atoms with Crippen LogP contribution in [0.5, 0.6) is 5.75 Å². The van der Waals surface area contributed by atoms with E-state index in [0.29, 0.717) is 36.8 Å². The van der Waals surface area contributed by atoms with Crippen molar-refractivity contribution in [1.82, 2.24) is 4.98 Å². The molecule has 1 aromatic heterocycles. The molecule has 0 amide bonds. The molecule has 1 heterocycles. The van der Waals surface area contributed by atoms with Crippen LogP contribution in [0.15, 0.2) is 64.2 Å². The van der Waals surface area contributed by atoms with Crippen LogP contribution in [0.25, 0.3) is 11.5 Å². The number of aryl methyl sites for hydroxylation is 1.